The molecule has 1 saturated heterocycles. The molecular weight excluding hydrogens is 346 g/mol. The third-order valence-electron chi connectivity index (χ3n) is 5.47. The standard InChI is InChI=1S/C20H27N3O2S/c24-19(21-17-5-6-17)13-22-8-10-23(11-9-22)20(25)14-26-18-7-4-15-2-1-3-16(15)12-18/h4,7,12,17H,1-3,5-6,8-11,13-14H2,(H,21,24). The number of hydrogen-bond donors (Lipinski definition) is 1. The lowest BCUT2D eigenvalue weighted by Gasteiger charge is -2.34. The van der Waals surface area contributed by atoms with Gasteiger partial charge in [0.2, 0.25) is 11.8 Å². The van der Waals surface area contributed by atoms with Gasteiger partial charge in [0.15, 0.2) is 0 Å². The van der Waals surface area contributed by atoms with Gasteiger partial charge in [0, 0.05) is 37.1 Å². The van der Waals surface area contributed by atoms with Crippen LogP contribution in [0.3, 0.4) is 0 Å². The van der Waals surface area contributed by atoms with Crippen LogP contribution in [-0.4, -0.2) is 66.1 Å². The van der Waals surface area contributed by atoms with E-state index in [-0.39, 0.29) is 11.8 Å². The number of amides is 2. The van der Waals surface area contributed by atoms with E-state index in [1.54, 1.807) is 11.8 Å². The number of piperazine rings is 1. The van der Waals surface area contributed by atoms with Crippen LogP contribution in [-0.2, 0) is 22.4 Å². The van der Waals surface area contributed by atoms with Crippen LogP contribution in [0.5, 0.6) is 0 Å². The molecule has 0 radical (unpaired) electrons. The number of nitrogens with one attached hydrogen (secondary N) is 1. The van der Waals surface area contributed by atoms with Crippen molar-refractivity contribution in [1.29, 1.82) is 0 Å². The average Bonchev–Trinajstić information content (AvgIpc) is 3.33. The fourth-order valence-electron chi connectivity index (χ4n) is 3.73. The SMILES string of the molecule is O=C(CN1CCN(C(=O)CSc2ccc3c(c2)CCC3)CC1)NC1CC1. The Morgan fingerprint density at radius 3 is 2.62 bits per heavy atom. The molecule has 0 atom stereocenters. The number of carbonyl (C=O) groups excluding carboxylic acids is 2. The zero-order valence-corrected chi connectivity index (χ0v) is 16.0. The molecule has 1 N–H and O–H groups in total. The summed E-state index contributed by atoms with van der Waals surface area (Å²) in [6.07, 6.45) is 5.87. The zero-order chi connectivity index (χ0) is 17.9. The van der Waals surface area contributed by atoms with E-state index in [0.717, 1.165) is 39.0 Å². The summed E-state index contributed by atoms with van der Waals surface area (Å²) in [7, 11) is 0. The Kier molecular flexibility index (Phi) is 5.50. The molecule has 0 unspecified atom stereocenters. The minimum absolute atomic E-state index is 0.124. The van der Waals surface area contributed by atoms with Gasteiger partial charge in [-0.05, 0) is 55.4 Å². The lowest BCUT2D eigenvalue weighted by molar-refractivity contribution is -0.130. The van der Waals surface area contributed by atoms with Gasteiger partial charge in [0.05, 0.1) is 12.3 Å². The molecule has 140 valence electrons. The molecule has 1 aromatic carbocycles. The summed E-state index contributed by atoms with van der Waals surface area (Å²) in [5.41, 5.74) is 2.93. The minimum Gasteiger partial charge on any atom is -0.352 e. The largest absolute Gasteiger partial charge is 0.352 e. The maximum Gasteiger partial charge on any atom is 0.234 e. The van der Waals surface area contributed by atoms with Crippen molar-refractivity contribution in [3.05, 3.63) is 29.3 Å². The van der Waals surface area contributed by atoms with Crippen LogP contribution in [0.2, 0.25) is 0 Å². The summed E-state index contributed by atoms with van der Waals surface area (Å²) in [4.78, 5) is 29.7. The molecule has 1 aromatic rings. The first-order valence-corrected chi connectivity index (χ1v) is 10.7. The summed E-state index contributed by atoms with van der Waals surface area (Å²) in [5.74, 6) is 0.832. The number of carbonyl (C=O) groups is 2. The second-order valence-corrected chi connectivity index (χ2v) is 8.62. The summed E-state index contributed by atoms with van der Waals surface area (Å²) in [6, 6.07) is 7.05. The van der Waals surface area contributed by atoms with E-state index in [1.807, 2.05) is 4.90 Å². The maximum atomic E-state index is 12.5. The predicted molar refractivity (Wildman–Crippen MR) is 103 cm³/mol. The van der Waals surface area contributed by atoms with E-state index in [0.29, 0.717) is 18.3 Å². The van der Waals surface area contributed by atoms with Crippen LogP contribution in [0.25, 0.3) is 0 Å². The number of nitrogens with zero attached hydrogens (tertiary/aromatic N) is 2. The molecule has 0 bridgehead atoms. The Morgan fingerprint density at radius 2 is 1.85 bits per heavy atom. The van der Waals surface area contributed by atoms with Crippen molar-refractivity contribution in [3.63, 3.8) is 0 Å². The highest BCUT2D eigenvalue weighted by Gasteiger charge is 2.26. The van der Waals surface area contributed by atoms with Gasteiger partial charge in [-0.3, -0.25) is 14.5 Å². The highest BCUT2D eigenvalue weighted by atomic mass is 32.2. The van der Waals surface area contributed by atoms with Crippen molar-refractivity contribution in [3.8, 4) is 0 Å². The Hall–Kier alpha value is -1.53. The molecule has 2 amide bonds. The van der Waals surface area contributed by atoms with Gasteiger partial charge in [-0.15, -0.1) is 11.8 Å². The van der Waals surface area contributed by atoms with Gasteiger partial charge in [-0.1, -0.05) is 6.07 Å². The fraction of sp³-hybridized carbons (Fsp3) is 0.600. The number of rotatable bonds is 6. The molecule has 1 saturated carbocycles. The Bertz CT molecular complexity index is 682. The van der Waals surface area contributed by atoms with Crippen LogP contribution in [0.4, 0.5) is 0 Å². The highest BCUT2D eigenvalue weighted by molar-refractivity contribution is 8.00. The van der Waals surface area contributed by atoms with E-state index in [4.69, 9.17) is 0 Å². The second-order valence-electron chi connectivity index (χ2n) is 7.57. The third-order valence-corrected chi connectivity index (χ3v) is 6.45. The zero-order valence-electron chi connectivity index (χ0n) is 15.2. The van der Waals surface area contributed by atoms with Crippen molar-refractivity contribution < 1.29 is 9.59 Å². The summed E-state index contributed by atoms with van der Waals surface area (Å²) >= 11 is 1.64. The van der Waals surface area contributed by atoms with E-state index < -0.39 is 0 Å². The Balaban J connectivity index is 1.19. The Labute approximate surface area is 159 Å². The first-order chi connectivity index (χ1) is 12.7. The molecule has 1 aliphatic heterocycles. The quantitative estimate of drug-likeness (QED) is 0.771. The molecule has 0 spiro atoms. The normalized spacial score (nSPS) is 20.1. The molecule has 2 aliphatic carbocycles. The highest BCUT2D eigenvalue weighted by Crippen LogP contribution is 2.27. The van der Waals surface area contributed by atoms with E-state index in [2.05, 4.69) is 28.4 Å². The van der Waals surface area contributed by atoms with Crippen molar-refractivity contribution >= 4 is 23.6 Å². The van der Waals surface area contributed by atoms with Crippen LogP contribution >= 0.6 is 11.8 Å². The van der Waals surface area contributed by atoms with Crippen molar-refractivity contribution in [2.75, 3.05) is 38.5 Å². The first kappa shape index (κ1) is 17.9. The molecule has 4 rings (SSSR count). The smallest absolute Gasteiger partial charge is 0.234 e. The number of fused-ring (bicyclic) bond motifs is 1. The van der Waals surface area contributed by atoms with Gasteiger partial charge in [0.1, 0.15) is 0 Å². The minimum atomic E-state index is 0.124. The molecule has 26 heavy (non-hydrogen) atoms. The number of aryl methyl sites for hydroxylation is 2. The van der Waals surface area contributed by atoms with E-state index in [1.165, 1.54) is 35.3 Å². The molecule has 5 nitrogen and oxygen atoms in total. The number of thioether (sulfide) groups is 1. The summed E-state index contributed by atoms with van der Waals surface area (Å²) < 4.78 is 0. The summed E-state index contributed by atoms with van der Waals surface area (Å²) in [6.45, 7) is 3.48. The van der Waals surface area contributed by atoms with Crippen LogP contribution < -0.4 is 5.32 Å². The third kappa shape index (κ3) is 4.60. The van der Waals surface area contributed by atoms with Crippen molar-refractivity contribution in [1.82, 2.24) is 15.1 Å². The van der Waals surface area contributed by atoms with Crippen LogP contribution in [0.15, 0.2) is 23.1 Å². The van der Waals surface area contributed by atoms with Gasteiger partial charge in [-0.25, -0.2) is 0 Å². The van der Waals surface area contributed by atoms with Gasteiger partial charge in [0.25, 0.3) is 0 Å². The van der Waals surface area contributed by atoms with E-state index in [9.17, 15) is 9.59 Å². The number of hydrogen-bond acceptors (Lipinski definition) is 4. The average molecular weight is 374 g/mol. The molecule has 3 aliphatic rings. The first-order valence-electron chi connectivity index (χ1n) is 9.71. The topological polar surface area (TPSA) is 52.7 Å². The van der Waals surface area contributed by atoms with Crippen molar-refractivity contribution in [2.45, 2.75) is 43.0 Å². The maximum absolute atomic E-state index is 12.5. The number of benzene rings is 1. The molecule has 1 heterocycles. The van der Waals surface area contributed by atoms with Crippen LogP contribution in [0, 0.1) is 0 Å². The molecule has 2 fully saturated rings. The van der Waals surface area contributed by atoms with Crippen molar-refractivity contribution in [2.24, 2.45) is 0 Å². The van der Waals surface area contributed by atoms with Gasteiger partial charge in [-0.2, -0.15) is 0 Å². The lowest BCUT2D eigenvalue weighted by atomic mass is 10.1. The second kappa shape index (κ2) is 8.01. The van der Waals surface area contributed by atoms with E-state index >= 15 is 0 Å². The lowest BCUT2D eigenvalue weighted by Crippen LogP contribution is -2.51. The predicted octanol–water partition coefficient (Wildman–Crippen LogP) is 1.69. The van der Waals surface area contributed by atoms with Gasteiger partial charge < -0.3 is 10.2 Å². The van der Waals surface area contributed by atoms with Gasteiger partial charge >= 0.3 is 0 Å². The molecule has 0 aromatic heterocycles. The Morgan fingerprint density at radius 1 is 1.08 bits per heavy atom. The fourth-order valence-corrected chi connectivity index (χ4v) is 4.60. The molecular formula is C20H27N3O2S. The van der Waals surface area contributed by atoms with Crippen LogP contribution in [0.1, 0.15) is 30.4 Å². The summed E-state index contributed by atoms with van der Waals surface area (Å²) in [5, 5.41) is 3.03. The molecule has 6 heteroatoms. The monoisotopic (exact) mass is 373 g/mol.